The topological polar surface area (TPSA) is 99.8 Å². The van der Waals surface area contributed by atoms with Gasteiger partial charge in [-0.1, -0.05) is 42.8 Å². The van der Waals surface area contributed by atoms with E-state index in [0.717, 1.165) is 24.6 Å². The normalized spacial score (nSPS) is 15.1. The van der Waals surface area contributed by atoms with Crippen LogP contribution in [0, 0.1) is 0 Å². The Kier molecular flexibility index (Phi) is 10.9. The third-order valence-electron chi connectivity index (χ3n) is 5.35. The second-order valence-corrected chi connectivity index (χ2v) is 9.45. The summed E-state index contributed by atoms with van der Waals surface area (Å²) in [4.78, 5) is 7.23. The predicted octanol–water partition coefficient (Wildman–Crippen LogP) is 3.19. The van der Waals surface area contributed by atoms with Gasteiger partial charge in [-0.05, 0) is 61.7 Å². The maximum atomic E-state index is 11.4. The standard InChI is InChI=1S/C23H33N5O2S.HI/c1-2-25-23(27-17-20-10-12-22(13-11-20)31(24,29)30)26-16-19-6-8-21(9-7-19)18-28-14-4-3-5-15-28;/h6-13H,2-5,14-18H2,1H3,(H2,24,29,30)(H2,25,26,27);1H. The van der Waals surface area contributed by atoms with Crippen LogP contribution in [0.15, 0.2) is 58.4 Å². The van der Waals surface area contributed by atoms with E-state index in [-0.39, 0.29) is 28.9 Å². The van der Waals surface area contributed by atoms with Crippen LogP contribution in [0.2, 0.25) is 0 Å². The molecule has 4 N–H and O–H groups in total. The van der Waals surface area contributed by atoms with Gasteiger partial charge in [0.1, 0.15) is 0 Å². The van der Waals surface area contributed by atoms with Crippen LogP contribution >= 0.6 is 24.0 Å². The molecule has 1 aliphatic heterocycles. The molecule has 0 radical (unpaired) electrons. The highest BCUT2D eigenvalue weighted by molar-refractivity contribution is 14.0. The van der Waals surface area contributed by atoms with Gasteiger partial charge in [-0.3, -0.25) is 4.90 Å². The molecule has 1 fully saturated rings. The Morgan fingerprint density at radius 3 is 2.12 bits per heavy atom. The van der Waals surface area contributed by atoms with Gasteiger partial charge < -0.3 is 10.6 Å². The van der Waals surface area contributed by atoms with Gasteiger partial charge in [0, 0.05) is 19.6 Å². The van der Waals surface area contributed by atoms with E-state index >= 15 is 0 Å². The van der Waals surface area contributed by atoms with Crippen molar-refractivity contribution >= 4 is 40.0 Å². The summed E-state index contributed by atoms with van der Waals surface area (Å²) in [5, 5.41) is 11.7. The van der Waals surface area contributed by atoms with Crippen molar-refractivity contribution in [3.8, 4) is 0 Å². The molecule has 0 amide bonds. The molecule has 0 bridgehead atoms. The number of rotatable bonds is 8. The molecule has 0 spiro atoms. The summed E-state index contributed by atoms with van der Waals surface area (Å²) in [6.07, 6.45) is 3.98. The van der Waals surface area contributed by atoms with Crippen LogP contribution in [0.1, 0.15) is 42.9 Å². The number of halogens is 1. The summed E-state index contributed by atoms with van der Waals surface area (Å²) in [6.45, 7) is 7.34. The molecule has 1 heterocycles. The SMILES string of the molecule is CCNC(=NCc1ccc(S(N)(=O)=O)cc1)NCc1ccc(CN2CCCCC2)cc1.I. The van der Waals surface area contributed by atoms with Gasteiger partial charge in [0.25, 0.3) is 0 Å². The molecule has 3 rings (SSSR count). The van der Waals surface area contributed by atoms with Crippen molar-refractivity contribution in [2.75, 3.05) is 19.6 Å². The lowest BCUT2D eigenvalue weighted by atomic mass is 10.1. The Balaban J connectivity index is 0.00000363. The third-order valence-corrected chi connectivity index (χ3v) is 6.28. The van der Waals surface area contributed by atoms with Crippen LogP contribution in [0.4, 0.5) is 0 Å². The van der Waals surface area contributed by atoms with Crippen LogP contribution < -0.4 is 15.8 Å². The maximum absolute atomic E-state index is 11.4. The molecule has 0 saturated carbocycles. The Labute approximate surface area is 208 Å². The summed E-state index contributed by atoms with van der Waals surface area (Å²) < 4.78 is 22.7. The van der Waals surface area contributed by atoms with Gasteiger partial charge >= 0.3 is 0 Å². The van der Waals surface area contributed by atoms with E-state index in [9.17, 15) is 8.42 Å². The minimum atomic E-state index is -3.67. The highest BCUT2D eigenvalue weighted by Gasteiger charge is 2.10. The van der Waals surface area contributed by atoms with Crippen LogP contribution in [0.5, 0.6) is 0 Å². The van der Waals surface area contributed by atoms with E-state index in [1.807, 2.05) is 6.92 Å². The van der Waals surface area contributed by atoms with Crippen molar-refractivity contribution in [3.63, 3.8) is 0 Å². The van der Waals surface area contributed by atoms with E-state index in [2.05, 4.69) is 44.8 Å². The summed E-state index contributed by atoms with van der Waals surface area (Å²) >= 11 is 0. The van der Waals surface area contributed by atoms with Gasteiger partial charge in [-0.25, -0.2) is 18.5 Å². The zero-order valence-electron chi connectivity index (χ0n) is 18.6. The molecule has 0 atom stereocenters. The number of benzene rings is 2. The van der Waals surface area contributed by atoms with Crippen molar-refractivity contribution in [1.29, 1.82) is 0 Å². The maximum Gasteiger partial charge on any atom is 0.238 e. The predicted molar refractivity (Wildman–Crippen MR) is 140 cm³/mol. The average Bonchev–Trinajstić information content (AvgIpc) is 2.77. The van der Waals surface area contributed by atoms with E-state index in [0.29, 0.717) is 13.1 Å². The fraction of sp³-hybridized carbons (Fsp3) is 0.435. The summed E-state index contributed by atoms with van der Waals surface area (Å²) in [5.74, 6) is 0.718. The largest absolute Gasteiger partial charge is 0.357 e. The number of hydrogen-bond acceptors (Lipinski definition) is 4. The minimum absolute atomic E-state index is 0. The van der Waals surface area contributed by atoms with Crippen LogP contribution in [0.3, 0.4) is 0 Å². The highest BCUT2D eigenvalue weighted by Crippen LogP contribution is 2.14. The Hall–Kier alpha value is -1.69. The van der Waals surface area contributed by atoms with Crippen molar-refractivity contribution in [2.45, 2.75) is 50.7 Å². The number of nitrogens with two attached hydrogens (primary N) is 1. The Morgan fingerprint density at radius 1 is 0.938 bits per heavy atom. The van der Waals surface area contributed by atoms with Crippen molar-refractivity contribution in [3.05, 3.63) is 65.2 Å². The Bertz CT molecular complexity index is 957. The van der Waals surface area contributed by atoms with Crippen LogP contribution in [0.25, 0.3) is 0 Å². The quantitative estimate of drug-likeness (QED) is 0.257. The molecule has 0 unspecified atom stereocenters. The number of nitrogens with zero attached hydrogens (tertiary/aromatic N) is 2. The molecular formula is C23H34IN5O2S. The molecule has 176 valence electrons. The van der Waals surface area contributed by atoms with Gasteiger partial charge in [-0.2, -0.15) is 0 Å². The molecule has 9 heteroatoms. The summed E-state index contributed by atoms with van der Waals surface area (Å²) in [7, 11) is -3.67. The number of primary sulfonamides is 1. The lowest BCUT2D eigenvalue weighted by Crippen LogP contribution is -2.36. The molecule has 0 aliphatic carbocycles. The lowest BCUT2D eigenvalue weighted by molar-refractivity contribution is 0.221. The smallest absolute Gasteiger partial charge is 0.238 e. The molecule has 2 aromatic rings. The van der Waals surface area contributed by atoms with Crippen LogP contribution in [-0.4, -0.2) is 38.9 Å². The first-order chi connectivity index (χ1) is 14.9. The van der Waals surface area contributed by atoms with Crippen molar-refractivity contribution < 1.29 is 8.42 Å². The van der Waals surface area contributed by atoms with Crippen molar-refractivity contribution in [2.24, 2.45) is 10.1 Å². The monoisotopic (exact) mass is 571 g/mol. The number of aliphatic imine (C=N–C) groups is 1. The van der Waals surface area contributed by atoms with Crippen molar-refractivity contribution in [1.82, 2.24) is 15.5 Å². The van der Waals surface area contributed by atoms with E-state index in [1.54, 1.807) is 12.1 Å². The Morgan fingerprint density at radius 2 is 1.53 bits per heavy atom. The number of nitrogens with one attached hydrogen (secondary N) is 2. The van der Waals surface area contributed by atoms with Gasteiger partial charge in [0.2, 0.25) is 10.0 Å². The molecule has 2 aromatic carbocycles. The highest BCUT2D eigenvalue weighted by atomic mass is 127. The lowest BCUT2D eigenvalue weighted by Gasteiger charge is -2.26. The summed E-state index contributed by atoms with van der Waals surface area (Å²) in [6, 6.07) is 15.2. The van der Waals surface area contributed by atoms with Gasteiger partial charge in [0.15, 0.2) is 5.96 Å². The van der Waals surface area contributed by atoms with E-state index in [1.165, 1.54) is 55.6 Å². The number of guanidine groups is 1. The average molecular weight is 572 g/mol. The zero-order valence-corrected chi connectivity index (χ0v) is 21.7. The first-order valence-electron chi connectivity index (χ1n) is 10.9. The molecule has 0 aromatic heterocycles. The minimum Gasteiger partial charge on any atom is -0.357 e. The number of sulfonamides is 1. The fourth-order valence-corrected chi connectivity index (χ4v) is 4.14. The molecule has 1 saturated heterocycles. The van der Waals surface area contributed by atoms with Crippen LogP contribution in [-0.2, 0) is 29.7 Å². The molecular weight excluding hydrogens is 537 g/mol. The number of piperidine rings is 1. The molecule has 7 nitrogen and oxygen atoms in total. The van der Waals surface area contributed by atoms with E-state index < -0.39 is 10.0 Å². The fourth-order valence-electron chi connectivity index (χ4n) is 3.62. The second kappa shape index (κ2) is 13.1. The molecule has 32 heavy (non-hydrogen) atoms. The van der Waals surface area contributed by atoms with Gasteiger partial charge in [0.05, 0.1) is 11.4 Å². The third kappa shape index (κ3) is 8.68. The van der Waals surface area contributed by atoms with E-state index in [4.69, 9.17) is 5.14 Å². The summed E-state index contributed by atoms with van der Waals surface area (Å²) in [5.41, 5.74) is 3.46. The van der Waals surface area contributed by atoms with Gasteiger partial charge in [-0.15, -0.1) is 24.0 Å². The first-order valence-corrected chi connectivity index (χ1v) is 12.4. The second-order valence-electron chi connectivity index (χ2n) is 7.89. The zero-order chi connectivity index (χ0) is 22.1. The number of likely N-dealkylation sites (tertiary alicyclic amines) is 1. The molecule has 1 aliphatic rings. The number of hydrogen-bond donors (Lipinski definition) is 3. The first kappa shape index (κ1) is 26.6.